The molecule has 0 aromatic carbocycles. The van der Waals surface area contributed by atoms with Gasteiger partial charge in [0, 0.05) is 5.41 Å². The highest BCUT2D eigenvalue weighted by molar-refractivity contribution is 5.88. The summed E-state index contributed by atoms with van der Waals surface area (Å²) < 4.78 is 11.2. The zero-order chi connectivity index (χ0) is 16.5. The van der Waals surface area contributed by atoms with Crippen LogP contribution in [0.1, 0.15) is 54.3 Å². The third-order valence-corrected chi connectivity index (χ3v) is 3.32. The van der Waals surface area contributed by atoms with Crippen molar-refractivity contribution in [1.82, 2.24) is 9.88 Å². The third kappa shape index (κ3) is 3.76. The van der Waals surface area contributed by atoms with Gasteiger partial charge in [-0.3, -0.25) is 4.90 Å². The van der Waals surface area contributed by atoms with Crippen molar-refractivity contribution >= 4 is 5.97 Å². The smallest absolute Gasteiger partial charge is 0.339 e. The third-order valence-electron chi connectivity index (χ3n) is 3.32. The Balaban J connectivity index is 2.01. The lowest BCUT2D eigenvalue weighted by atomic mass is 9.94. The molecule has 0 saturated carbocycles. The van der Waals surface area contributed by atoms with Crippen molar-refractivity contribution in [2.45, 2.75) is 46.2 Å². The van der Waals surface area contributed by atoms with Gasteiger partial charge in [-0.1, -0.05) is 20.8 Å². The maximum Gasteiger partial charge on any atom is 0.339 e. The van der Waals surface area contributed by atoms with Crippen molar-refractivity contribution < 1.29 is 18.7 Å². The Hall–Kier alpha value is -2.08. The van der Waals surface area contributed by atoms with E-state index in [1.165, 1.54) is 0 Å². The number of carboxylic acids is 1. The van der Waals surface area contributed by atoms with Gasteiger partial charge in [0.2, 0.25) is 5.89 Å². The van der Waals surface area contributed by atoms with Gasteiger partial charge < -0.3 is 13.9 Å². The molecule has 0 aliphatic heterocycles. The van der Waals surface area contributed by atoms with E-state index in [4.69, 9.17) is 13.9 Å². The molecule has 2 rings (SSSR count). The minimum Gasteiger partial charge on any atom is -0.478 e. The van der Waals surface area contributed by atoms with Gasteiger partial charge in [-0.25, -0.2) is 9.78 Å². The number of aromatic nitrogens is 1. The van der Waals surface area contributed by atoms with Crippen LogP contribution < -0.4 is 0 Å². The average molecular weight is 306 g/mol. The first-order valence-corrected chi connectivity index (χ1v) is 7.13. The standard InChI is InChI=1S/C16H22N2O4/c1-10-12(15(19)20)6-11(21-10)8-18(5)9-14-17-7-13(22-14)16(2,3)4/h6-7H,8-9H2,1-5H3,(H,19,20). The first-order chi connectivity index (χ1) is 10.2. The summed E-state index contributed by atoms with van der Waals surface area (Å²) in [5.74, 6) is 1.53. The predicted molar refractivity (Wildman–Crippen MR) is 80.8 cm³/mol. The second-order valence-electron chi connectivity index (χ2n) is 6.53. The lowest BCUT2D eigenvalue weighted by Gasteiger charge is -2.14. The van der Waals surface area contributed by atoms with Crippen LogP contribution in [0.2, 0.25) is 0 Å². The number of hydrogen-bond donors (Lipinski definition) is 1. The van der Waals surface area contributed by atoms with E-state index in [-0.39, 0.29) is 11.0 Å². The highest BCUT2D eigenvalue weighted by Gasteiger charge is 2.20. The molecule has 120 valence electrons. The SMILES string of the molecule is Cc1oc(CN(C)Cc2ncc(C(C)(C)C)o2)cc1C(=O)O. The molecular weight excluding hydrogens is 284 g/mol. The van der Waals surface area contributed by atoms with Crippen molar-refractivity contribution in [3.05, 3.63) is 41.0 Å². The molecule has 0 amide bonds. The summed E-state index contributed by atoms with van der Waals surface area (Å²) in [6.45, 7) is 8.87. The zero-order valence-corrected chi connectivity index (χ0v) is 13.6. The second kappa shape index (κ2) is 5.96. The molecule has 0 saturated heterocycles. The van der Waals surface area contributed by atoms with Crippen molar-refractivity contribution in [2.75, 3.05) is 7.05 Å². The van der Waals surface area contributed by atoms with Crippen molar-refractivity contribution in [2.24, 2.45) is 0 Å². The molecule has 22 heavy (non-hydrogen) atoms. The number of furan rings is 1. The molecule has 0 aliphatic rings. The fraction of sp³-hybridized carbons (Fsp3) is 0.500. The van der Waals surface area contributed by atoms with Gasteiger partial charge in [0.05, 0.1) is 19.3 Å². The topological polar surface area (TPSA) is 79.7 Å². The van der Waals surface area contributed by atoms with Gasteiger partial charge in [0.1, 0.15) is 22.8 Å². The first-order valence-electron chi connectivity index (χ1n) is 7.13. The van der Waals surface area contributed by atoms with Gasteiger partial charge in [-0.2, -0.15) is 0 Å². The van der Waals surface area contributed by atoms with Crippen LogP contribution in [0.5, 0.6) is 0 Å². The number of carbonyl (C=O) groups is 1. The lowest BCUT2D eigenvalue weighted by Crippen LogP contribution is -2.17. The Kier molecular flexibility index (Phi) is 4.42. The summed E-state index contributed by atoms with van der Waals surface area (Å²) in [4.78, 5) is 17.3. The van der Waals surface area contributed by atoms with Crippen LogP contribution in [0, 0.1) is 6.92 Å². The normalized spacial score (nSPS) is 12.1. The quantitative estimate of drug-likeness (QED) is 0.913. The Morgan fingerprint density at radius 2 is 2.00 bits per heavy atom. The molecule has 6 nitrogen and oxygen atoms in total. The van der Waals surface area contributed by atoms with Crippen molar-refractivity contribution in [3.63, 3.8) is 0 Å². The average Bonchev–Trinajstić information content (AvgIpc) is 2.95. The number of carboxylic acid groups (broad SMARTS) is 1. The van der Waals surface area contributed by atoms with E-state index in [1.807, 2.05) is 11.9 Å². The van der Waals surface area contributed by atoms with Gasteiger partial charge in [-0.05, 0) is 20.0 Å². The fourth-order valence-corrected chi connectivity index (χ4v) is 2.12. The van der Waals surface area contributed by atoms with Gasteiger partial charge >= 0.3 is 5.97 Å². The van der Waals surface area contributed by atoms with Gasteiger partial charge in [0.25, 0.3) is 0 Å². The summed E-state index contributed by atoms with van der Waals surface area (Å²) in [5.41, 5.74) is 0.132. The van der Waals surface area contributed by atoms with Crippen LogP contribution >= 0.6 is 0 Å². The monoisotopic (exact) mass is 306 g/mol. The lowest BCUT2D eigenvalue weighted by molar-refractivity contribution is 0.0695. The van der Waals surface area contributed by atoms with E-state index < -0.39 is 5.97 Å². The van der Waals surface area contributed by atoms with Crippen LogP contribution in [0.15, 0.2) is 21.1 Å². The summed E-state index contributed by atoms with van der Waals surface area (Å²) in [6, 6.07) is 1.56. The number of oxazole rings is 1. The molecule has 0 spiro atoms. The van der Waals surface area contributed by atoms with Crippen molar-refractivity contribution in [1.29, 1.82) is 0 Å². The number of hydrogen-bond acceptors (Lipinski definition) is 5. The van der Waals surface area contributed by atoms with Crippen LogP contribution in [0.25, 0.3) is 0 Å². The summed E-state index contributed by atoms with van der Waals surface area (Å²) in [7, 11) is 1.90. The summed E-state index contributed by atoms with van der Waals surface area (Å²) in [6.07, 6.45) is 1.75. The molecule has 0 aliphatic carbocycles. The molecule has 0 fully saturated rings. The molecule has 2 aromatic rings. The number of nitrogens with zero attached hydrogens (tertiary/aromatic N) is 2. The number of aromatic carboxylic acids is 1. The maximum absolute atomic E-state index is 11.0. The number of rotatable bonds is 5. The van der Waals surface area contributed by atoms with E-state index in [9.17, 15) is 4.79 Å². The fourth-order valence-electron chi connectivity index (χ4n) is 2.12. The van der Waals surface area contributed by atoms with Gasteiger partial charge in [0.15, 0.2) is 0 Å². The molecule has 2 aromatic heterocycles. The maximum atomic E-state index is 11.0. The highest BCUT2D eigenvalue weighted by Crippen LogP contribution is 2.23. The second-order valence-corrected chi connectivity index (χ2v) is 6.53. The van der Waals surface area contributed by atoms with Crippen LogP contribution in [-0.2, 0) is 18.5 Å². The molecule has 0 unspecified atom stereocenters. The van der Waals surface area contributed by atoms with E-state index in [2.05, 4.69) is 25.8 Å². The van der Waals surface area contributed by atoms with E-state index in [0.717, 1.165) is 5.76 Å². The number of aryl methyl sites for hydroxylation is 1. The van der Waals surface area contributed by atoms with Crippen LogP contribution in [0.3, 0.4) is 0 Å². The summed E-state index contributed by atoms with van der Waals surface area (Å²) in [5, 5.41) is 9.03. The van der Waals surface area contributed by atoms with Crippen molar-refractivity contribution in [3.8, 4) is 0 Å². The van der Waals surface area contributed by atoms with E-state index >= 15 is 0 Å². The molecular formula is C16H22N2O4. The van der Waals surface area contributed by atoms with E-state index in [0.29, 0.717) is 30.5 Å². The molecule has 1 N–H and O–H groups in total. The first kappa shape index (κ1) is 16.3. The molecule has 0 radical (unpaired) electrons. The predicted octanol–water partition coefficient (Wildman–Crippen LogP) is 3.20. The minimum atomic E-state index is -0.974. The molecule has 6 heteroatoms. The molecule has 0 atom stereocenters. The Morgan fingerprint density at radius 1 is 1.32 bits per heavy atom. The summed E-state index contributed by atoms with van der Waals surface area (Å²) >= 11 is 0. The minimum absolute atomic E-state index is 0.0711. The zero-order valence-electron chi connectivity index (χ0n) is 13.6. The van der Waals surface area contributed by atoms with Gasteiger partial charge in [-0.15, -0.1) is 0 Å². The van der Waals surface area contributed by atoms with E-state index in [1.54, 1.807) is 19.2 Å². The Labute approximate surface area is 129 Å². The Morgan fingerprint density at radius 3 is 2.50 bits per heavy atom. The molecule has 2 heterocycles. The molecule has 0 bridgehead atoms. The van der Waals surface area contributed by atoms with Crippen LogP contribution in [0.4, 0.5) is 0 Å². The highest BCUT2D eigenvalue weighted by atomic mass is 16.4. The van der Waals surface area contributed by atoms with Crippen LogP contribution in [-0.4, -0.2) is 28.0 Å². The largest absolute Gasteiger partial charge is 0.478 e. The Bertz CT molecular complexity index is 664.